The van der Waals surface area contributed by atoms with Gasteiger partial charge in [-0.2, -0.15) is 26.3 Å². The molecule has 0 bridgehead atoms. The number of benzene rings is 2. The van der Waals surface area contributed by atoms with Gasteiger partial charge < -0.3 is 16.0 Å². The first kappa shape index (κ1) is 29.7. The van der Waals surface area contributed by atoms with Gasteiger partial charge in [0.15, 0.2) is 0 Å². The van der Waals surface area contributed by atoms with E-state index in [2.05, 4.69) is 17.4 Å². The number of primary amides is 1. The predicted molar refractivity (Wildman–Crippen MR) is 130 cm³/mol. The number of aliphatic imine (C=N–C) groups is 1. The van der Waals surface area contributed by atoms with E-state index in [0.717, 1.165) is 4.90 Å². The minimum absolute atomic E-state index is 0.256. The molecule has 3 rings (SSSR count). The number of rotatable bonds is 9. The highest BCUT2D eigenvalue weighted by atomic mass is 19.4. The first-order valence-electron chi connectivity index (χ1n) is 11.8. The van der Waals surface area contributed by atoms with Crippen molar-refractivity contribution in [1.82, 2.24) is 5.32 Å². The summed E-state index contributed by atoms with van der Waals surface area (Å²) in [6, 6.07) is 15.1. The third-order valence-electron chi connectivity index (χ3n) is 6.20. The minimum atomic E-state index is -4.77. The van der Waals surface area contributed by atoms with Crippen LogP contribution in [-0.2, 0) is 14.4 Å². The number of hydrogen-bond donors (Lipinski definition) is 2. The number of carbonyl (C=O) groups is 3. The lowest BCUT2D eigenvalue weighted by Crippen LogP contribution is -2.49. The number of nitrogens with one attached hydrogen (secondary N) is 1. The molecule has 7 nitrogen and oxygen atoms in total. The fraction of sp³-hybridized carbons (Fsp3) is 0.346. The zero-order valence-electron chi connectivity index (χ0n) is 20.4. The van der Waals surface area contributed by atoms with Crippen molar-refractivity contribution in [3.8, 4) is 0 Å². The van der Waals surface area contributed by atoms with E-state index in [1.165, 1.54) is 0 Å². The molecule has 1 aliphatic heterocycles. The smallest absolute Gasteiger partial charge is 0.369 e. The van der Waals surface area contributed by atoms with Gasteiger partial charge in [-0.3, -0.25) is 14.4 Å². The van der Waals surface area contributed by atoms with E-state index in [1.807, 2.05) is 0 Å². The van der Waals surface area contributed by atoms with Gasteiger partial charge in [0.1, 0.15) is 0 Å². The van der Waals surface area contributed by atoms with Gasteiger partial charge in [-0.1, -0.05) is 48.5 Å². The summed E-state index contributed by atoms with van der Waals surface area (Å²) in [6.07, 6.45) is -16.4. The Morgan fingerprint density at radius 2 is 1.46 bits per heavy atom. The van der Waals surface area contributed by atoms with E-state index >= 15 is 0 Å². The number of halogens is 6. The lowest BCUT2D eigenvalue weighted by Gasteiger charge is -2.27. The molecule has 1 unspecified atom stereocenters. The molecular formula is C26H25F6N4O3. The molecule has 2 aromatic carbocycles. The number of fused-ring (bicyclic) bond motifs is 1. The standard InChI is InChI=1S/C26H25F6N4O3/c1-36-19-10-6-5-9-18(19)20(15-7-3-2-4-8-15)34-22(24(36)39)35-23(38)17(12-14-26(30,31)32)16(21(33)37)11-13-25(27,28)29/h2-10,16-17,22H,1,11-14H2,(H2,33,37)(H,35,38)/t16-,17+,22?/m0/s1. The lowest BCUT2D eigenvalue weighted by atomic mass is 9.83. The summed E-state index contributed by atoms with van der Waals surface area (Å²) < 4.78 is 77.6. The average molecular weight is 555 g/mol. The minimum Gasteiger partial charge on any atom is -0.369 e. The normalized spacial score (nSPS) is 17.5. The number of anilines is 1. The Kier molecular flexibility index (Phi) is 9.03. The number of benzodiazepines with no additional fused rings is 1. The predicted octanol–water partition coefficient (Wildman–Crippen LogP) is 4.51. The summed E-state index contributed by atoms with van der Waals surface area (Å²) in [4.78, 5) is 43.8. The van der Waals surface area contributed by atoms with E-state index in [0.29, 0.717) is 16.8 Å². The number of nitrogens with two attached hydrogens (primary N) is 1. The Bertz CT molecular complexity index is 1230. The highest BCUT2D eigenvalue weighted by Gasteiger charge is 2.41. The molecule has 1 heterocycles. The number of amides is 3. The van der Waals surface area contributed by atoms with Gasteiger partial charge in [-0.15, -0.1) is 0 Å². The Labute approximate surface area is 220 Å². The summed E-state index contributed by atoms with van der Waals surface area (Å²) in [7, 11) is 3.71. The molecule has 0 saturated heterocycles. The van der Waals surface area contributed by atoms with Crippen LogP contribution in [0.1, 0.15) is 36.8 Å². The van der Waals surface area contributed by atoms with Gasteiger partial charge in [-0.25, -0.2) is 4.99 Å². The monoisotopic (exact) mass is 555 g/mol. The van der Waals surface area contributed by atoms with Gasteiger partial charge in [0.05, 0.1) is 11.4 Å². The van der Waals surface area contributed by atoms with Crippen molar-refractivity contribution in [1.29, 1.82) is 0 Å². The molecule has 1 aliphatic rings. The topological polar surface area (TPSA) is 105 Å². The van der Waals surface area contributed by atoms with Crippen LogP contribution in [0.3, 0.4) is 0 Å². The van der Waals surface area contributed by atoms with Crippen LogP contribution in [0.15, 0.2) is 59.6 Å². The second kappa shape index (κ2) is 11.9. The zero-order chi connectivity index (χ0) is 29.0. The number of nitrogens with zero attached hydrogens (tertiary/aromatic N) is 2. The first-order chi connectivity index (χ1) is 18.2. The van der Waals surface area contributed by atoms with Crippen LogP contribution in [0.25, 0.3) is 0 Å². The number of hydrogen-bond acceptors (Lipinski definition) is 4. The fourth-order valence-electron chi connectivity index (χ4n) is 4.29. The molecule has 1 radical (unpaired) electrons. The Balaban J connectivity index is 2.00. The van der Waals surface area contributed by atoms with Crippen LogP contribution in [0, 0.1) is 18.9 Å². The summed E-state index contributed by atoms with van der Waals surface area (Å²) in [5, 5.41) is 2.23. The van der Waals surface area contributed by atoms with Crippen molar-refractivity contribution < 1.29 is 40.7 Å². The van der Waals surface area contributed by atoms with E-state index in [1.54, 1.807) is 54.6 Å². The molecule has 0 saturated carbocycles. The molecule has 13 heteroatoms. The average Bonchev–Trinajstić information content (AvgIpc) is 2.95. The van der Waals surface area contributed by atoms with E-state index in [9.17, 15) is 40.7 Å². The maximum absolute atomic E-state index is 13.3. The number of para-hydroxylation sites is 1. The highest BCUT2D eigenvalue weighted by molar-refractivity contribution is 6.20. The second-order valence-electron chi connectivity index (χ2n) is 8.96. The van der Waals surface area contributed by atoms with Crippen molar-refractivity contribution in [3.05, 3.63) is 72.8 Å². The molecular weight excluding hydrogens is 530 g/mol. The molecule has 0 aliphatic carbocycles. The summed E-state index contributed by atoms with van der Waals surface area (Å²) in [5.74, 6) is -7.27. The summed E-state index contributed by atoms with van der Waals surface area (Å²) in [6.45, 7) is 0. The molecule has 39 heavy (non-hydrogen) atoms. The van der Waals surface area contributed by atoms with Gasteiger partial charge in [0.25, 0.3) is 5.91 Å². The summed E-state index contributed by atoms with van der Waals surface area (Å²) >= 11 is 0. The second-order valence-corrected chi connectivity index (χ2v) is 8.96. The summed E-state index contributed by atoms with van der Waals surface area (Å²) in [5.41, 5.74) is 6.82. The lowest BCUT2D eigenvalue weighted by molar-refractivity contribution is -0.152. The molecule has 209 valence electrons. The van der Waals surface area contributed by atoms with Gasteiger partial charge in [0, 0.05) is 42.9 Å². The van der Waals surface area contributed by atoms with Crippen molar-refractivity contribution in [2.24, 2.45) is 22.6 Å². The number of alkyl halides is 6. The maximum atomic E-state index is 13.3. The first-order valence-corrected chi connectivity index (χ1v) is 11.8. The molecule has 3 N–H and O–H groups in total. The van der Waals surface area contributed by atoms with E-state index in [-0.39, 0.29) is 5.71 Å². The fourth-order valence-corrected chi connectivity index (χ4v) is 4.29. The highest BCUT2D eigenvalue weighted by Crippen LogP contribution is 2.33. The van der Waals surface area contributed by atoms with Gasteiger partial charge in [-0.05, 0) is 18.9 Å². The number of carbonyl (C=O) groups excluding carboxylic acids is 3. The van der Waals surface area contributed by atoms with Crippen LogP contribution in [0.5, 0.6) is 0 Å². The van der Waals surface area contributed by atoms with Crippen molar-refractivity contribution in [3.63, 3.8) is 0 Å². The molecule has 0 aromatic heterocycles. The van der Waals surface area contributed by atoms with E-state index < -0.39 is 73.8 Å². The Morgan fingerprint density at radius 3 is 2.03 bits per heavy atom. The van der Waals surface area contributed by atoms with Crippen molar-refractivity contribution >= 4 is 29.1 Å². The van der Waals surface area contributed by atoms with E-state index in [4.69, 9.17) is 5.73 Å². The Hall–Kier alpha value is -3.90. The van der Waals surface area contributed by atoms with Crippen LogP contribution < -0.4 is 16.0 Å². The quantitative estimate of drug-likeness (QED) is 0.445. The molecule has 2 aromatic rings. The Morgan fingerprint density at radius 1 is 0.923 bits per heavy atom. The van der Waals surface area contributed by atoms with Crippen LogP contribution >= 0.6 is 0 Å². The van der Waals surface area contributed by atoms with Crippen LogP contribution in [-0.4, -0.2) is 42.0 Å². The van der Waals surface area contributed by atoms with Crippen LogP contribution in [0.4, 0.5) is 32.0 Å². The molecule has 0 spiro atoms. The molecule has 0 fully saturated rings. The van der Waals surface area contributed by atoms with Crippen molar-refractivity contribution in [2.45, 2.75) is 44.2 Å². The third kappa shape index (κ3) is 7.80. The largest absolute Gasteiger partial charge is 0.389 e. The van der Waals surface area contributed by atoms with Gasteiger partial charge >= 0.3 is 12.4 Å². The van der Waals surface area contributed by atoms with Crippen molar-refractivity contribution in [2.75, 3.05) is 4.90 Å². The molecule has 3 atom stereocenters. The van der Waals surface area contributed by atoms with Crippen LogP contribution in [0.2, 0.25) is 0 Å². The zero-order valence-corrected chi connectivity index (χ0v) is 20.4. The molecule has 3 amide bonds. The SMILES string of the molecule is [CH2]N1C(=O)C(NC(=O)[C@H](CCC(F)(F)F)[C@H](CCC(F)(F)F)C(N)=O)N=C(c2ccccc2)c2ccccc21. The third-order valence-corrected chi connectivity index (χ3v) is 6.20. The maximum Gasteiger partial charge on any atom is 0.389 e. The van der Waals surface area contributed by atoms with Gasteiger partial charge in [0.2, 0.25) is 18.0 Å².